The van der Waals surface area contributed by atoms with E-state index in [2.05, 4.69) is 10.6 Å². The highest BCUT2D eigenvalue weighted by Crippen LogP contribution is 2.33. The lowest BCUT2D eigenvalue weighted by molar-refractivity contribution is -0.145. The Labute approximate surface area is 209 Å². The number of esters is 1. The Morgan fingerprint density at radius 2 is 1.97 bits per heavy atom. The second kappa shape index (κ2) is 10.3. The van der Waals surface area contributed by atoms with E-state index in [4.69, 9.17) is 21.1 Å². The number of hydrogen-bond donors (Lipinski definition) is 2. The Morgan fingerprint density at radius 3 is 2.60 bits per heavy atom. The van der Waals surface area contributed by atoms with Gasteiger partial charge in [0.15, 0.2) is 12.8 Å². The fourth-order valence-electron chi connectivity index (χ4n) is 3.60. The van der Waals surface area contributed by atoms with Gasteiger partial charge in [0.2, 0.25) is 5.91 Å². The van der Waals surface area contributed by atoms with E-state index in [9.17, 15) is 18.8 Å². The van der Waals surface area contributed by atoms with Crippen LogP contribution in [0.2, 0.25) is 4.34 Å². The molecule has 1 unspecified atom stereocenters. The molecule has 2 N–H and O–H groups in total. The lowest BCUT2D eigenvalue weighted by atomic mass is 10.1. The van der Waals surface area contributed by atoms with Crippen LogP contribution in [0.1, 0.15) is 26.8 Å². The van der Waals surface area contributed by atoms with E-state index in [0.717, 1.165) is 6.07 Å². The summed E-state index contributed by atoms with van der Waals surface area (Å²) in [4.78, 5) is 39.6. The summed E-state index contributed by atoms with van der Waals surface area (Å²) in [5.41, 5.74) is 1.56. The summed E-state index contributed by atoms with van der Waals surface area (Å²) in [6, 6.07) is 11.7. The Kier molecular flexibility index (Phi) is 7.23. The molecular weight excluding hydrogens is 497 g/mol. The maximum Gasteiger partial charge on any atom is 0.333 e. The molecule has 0 saturated carbocycles. The van der Waals surface area contributed by atoms with Crippen molar-refractivity contribution in [1.82, 2.24) is 5.32 Å². The van der Waals surface area contributed by atoms with Gasteiger partial charge in [-0.2, -0.15) is 0 Å². The summed E-state index contributed by atoms with van der Waals surface area (Å²) in [5.74, 6) is -1.64. The van der Waals surface area contributed by atoms with Crippen LogP contribution in [0.3, 0.4) is 0 Å². The van der Waals surface area contributed by atoms with E-state index in [1.54, 1.807) is 43.4 Å². The van der Waals surface area contributed by atoms with E-state index in [1.165, 1.54) is 29.4 Å². The van der Waals surface area contributed by atoms with Gasteiger partial charge < -0.3 is 20.1 Å². The first-order chi connectivity index (χ1) is 16.8. The van der Waals surface area contributed by atoms with Crippen molar-refractivity contribution in [2.45, 2.75) is 12.5 Å². The highest BCUT2D eigenvalue weighted by atomic mass is 35.5. The Morgan fingerprint density at radius 1 is 1.23 bits per heavy atom. The number of methoxy groups -OCH3 is 1. The van der Waals surface area contributed by atoms with Crippen molar-refractivity contribution >= 4 is 52.1 Å². The van der Waals surface area contributed by atoms with Crippen LogP contribution in [-0.4, -0.2) is 38.7 Å². The van der Waals surface area contributed by atoms with Crippen molar-refractivity contribution in [3.8, 4) is 5.75 Å². The quantitative estimate of drug-likeness (QED) is 0.457. The average Bonchev–Trinajstić information content (AvgIpc) is 3.29. The molecule has 0 bridgehead atoms. The highest BCUT2D eigenvalue weighted by molar-refractivity contribution is 7.16. The maximum absolute atomic E-state index is 14.2. The lowest BCUT2D eigenvalue weighted by Crippen LogP contribution is -2.38. The normalized spacial score (nSPS) is 13.5. The van der Waals surface area contributed by atoms with Crippen LogP contribution in [0.25, 0.3) is 0 Å². The summed E-state index contributed by atoms with van der Waals surface area (Å²) >= 11 is 7.13. The zero-order valence-electron chi connectivity index (χ0n) is 18.8. The molecule has 0 fully saturated rings. The summed E-state index contributed by atoms with van der Waals surface area (Å²) < 4.78 is 25.1. The number of nitrogens with one attached hydrogen (secondary N) is 2. The van der Waals surface area contributed by atoms with Gasteiger partial charge in [-0.1, -0.05) is 23.7 Å². The summed E-state index contributed by atoms with van der Waals surface area (Å²) in [6.45, 7) is -0.0371. The number of anilines is 2. The van der Waals surface area contributed by atoms with Crippen LogP contribution >= 0.6 is 22.9 Å². The first-order valence-corrected chi connectivity index (χ1v) is 11.7. The first-order valence-electron chi connectivity index (χ1n) is 10.5. The van der Waals surface area contributed by atoms with Gasteiger partial charge in [0.05, 0.1) is 29.1 Å². The molecule has 11 heteroatoms. The van der Waals surface area contributed by atoms with Gasteiger partial charge in [-0.25, -0.2) is 9.18 Å². The molecule has 3 aromatic rings. The molecule has 2 heterocycles. The number of halogens is 2. The predicted molar refractivity (Wildman–Crippen MR) is 131 cm³/mol. The third-order valence-corrected chi connectivity index (χ3v) is 6.69. The molecule has 8 nitrogen and oxygen atoms in total. The SMILES string of the molecule is CNc1cc2c(cc1F)C(=O)N(c1ccc(CC(=O)NC(C(=O)OC)c3ccc(Cl)s3)cc1)CO2. The molecule has 1 aliphatic heterocycles. The number of carbonyl (C=O) groups excluding carboxylic acids is 3. The zero-order chi connectivity index (χ0) is 25.1. The number of hydrogen-bond acceptors (Lipinski definition) is 7. The monoisotopic (exact) mass is 517 g/mol. The molecule has 0 spiro atoms. The topological polar surface area (TPSA) is 97.0 Å². The predicted octanol–water partition coefficient (Wildman–Crippen LogP) is 4.15. The van der Waals surface area contributed by atoms with Gasteiger partial charge in [-0.15, -0.1) is 11.3 Å². The van der Waals surface area contributed by atoms with E-state index >= 15 is 0 Å². The lowest BCUT2D eigenvalue weighted by Gasteiger charge is -2.29. The fourth-order valence-corrected chi connectivity index (χ4v) is 4.70. The Balaban J connectivity index is 1.44. The molecule has 1 atom stereocenters. The zero-order valence-corrected chi connectivity index (χ0v) is 20.3. The molecule has 2 amide bonds. The molecule has 2 aromatic carbocycles. The third kappa shape index (κ3) is 5.23. The molecule has 1 aliphatic rings. The minimum absolute atomic E-state index is 0.00182. The number of fused-ring (bicyclic) bond motifs is 1. The number of ether oxygens (including phenoxy) is 2. The van der Waals surface area contributed by atoms with Crippen molar-refractivity contribution in [2.24, 2.45) is 0 Å². The molecular formula is C24H21ClFN3O5S. The van der Waals surface area contributed by atoms with Gasteiger partial charge in [-0.05, 0) is 35.9 Å². The van der Waals surface area contributed by atoms with Crippen molar-refractivity contribution in [3.05, 3.63) is 74.7 Å². The number of amides is 2. The smallest absolute Gasteiger partial charge is 0.333 e. The molecule has 0 saturated heterocycles. The van der Waals surface area contributed by atoms with E-state index in [1.807, 2.05) is 0 Å². The summed E-state index contributed by atoms with van der Waals surface area (Å²) in [6.07, 6.45) is -0.00182. The van der Waals surface area contributed by atoms with Gasteiger partial charge in [0.25, 0.3) is 5.91 Å². The van der Waals surface area contributed by atoms with Gasteiger partial charge in [-0.3, -0.25) is 14.5 Å². The number of thiophene rings is 1. The van der Waals surface area contributed by atoms with E-state index < -0.39 is 23.7 Å². The van der Waals surface area contributed by atoms with Crippen molar-refractivity contribution in [3.63, 3.8) is 0 Å². The average molecular weight is 518 g/mol. The van der Waals surface area contributed by atoms with Crippen molar-refractivity contribution < 1.29 is 28.2 Å². The van der Waals surface area contributed by atoms with Crippen LogP contribution in [0.5, 0.6) is 5.75 Å². The van der Waals surface area contributed by atoms with E-state index in [0.29, 0.717) is 26.2 Å². The number of carbonyl (C=O) groups is 3. The van der Waals surface area contributed by atoms with Crippen LogP contribution in [0.15, 0.2) is 48.5 Å². The number of nitrogens with zero attached hydrogens (tertiary/aromatic N) is 1. The van der Waals surface area contributed by atoms with Crippen molar-refractivity contribution in [2.75, 3.05) is 31.1 Å². The minimum atomic E-state index is -0.962. The highest BCUT2D eigenvalue weighted by Gasteiger charge is 2.29. The van der Waals surface area contributed by atoms with Crippen LogP contribution in [0.4, 0.5) is 15.8 Å². The number of benzene rings is 2. The molecule has 0 radical (unpaired) electrons. The first kappa shape index (κ1) is 24.5. The Hall–Kier alpha value is -3.63. The van der Waals surface area contributed by atoms with Gasteiger partial charge in [0, 0.05) is 23.7 Å². The summed E-state index contributed by atoms with van der Waals surface area (Å²) in [5, 5.41) is 5.38. The van der Waals surface area contributed by atoms with Gasteiger partial charge >= 0.3 is 5.97 Å². The Bertz CT molecular complexity index is 1280. The van der Waals surface area contributed by atoms with E-state index in [-0.39, 0.29) is 30.3 Å². The molecule has 182 valence electrons. The second-order valence-electron chi connectivity index (χ2n) is 7.59. The van der Waals surface area contributed by atoms with Crippen molar-refractivity contribution in [1.29, 1.82) is 0 Å². The molecule has 4 rings (SSSR count). The minimum Gasteiger partial charge on any atom is -0.472 e. The standard InChI is InChI=1S/C24H21ClFN3O5S/c1-27-17-11-18-15(10-16(17)26)23(31)29(12-34-18)14-5-3-13(4-6-14)9-21(30)28-22(24(32)33-2)19-7-8-20(25)35-19/h3-8,10-11,22,27H,9,12H2,1-2H3,(H,28,30). The number of rotatable bonds is 7. The fraction of sp³-hybridized carbons (Fsp3) is 0.208. The van der Waals surface area contributed by atoms with Crippen LogP contribution in [0, 0.1) is 5.82 Å². The van der Waals surface area contributed by atoms with Crippen LogP contribution in [-0.2, 0) is 20.7 Å². The maximum atomic E-state index is 14.2. The molecule has 1 aromatic heterocycles. The largest absolute Gasteiger partial charge is 0.472 e. The molecule has 0 aliphatic carbocycles. The van der Waals surface area contributed by atoms with Crippen LogP contribution < -0.4 is 20.3 Å². The third-order valence-electron chi connectivity index (χ3n) is 5.40. The second-order valence-corrected chi connectivity index (χ2v) is 9.34. The molecule has 35 heavy (non-hydrogen) atoms. The summed E-state index contributed by atoms with van der Waals surface area (Å²) in [7, 11) is 2.82. The van der Waals surface area contributed by atoms with Gasteiger partial charge in [0.1, 0.15) is 11.6 Å².